The molecule has 0 aliphatic carbocycles. The number of hydrogen-bond acceptors (Lipinski definition) is 5. The fraction of sp³-hybridized carbons (Fsp3) is 0.688. The van der Waals surface area contributed by atoms with Crippen molar-refractivity contribution in [3.63, 3.8) is 0 Å². The average molecular weight is 317 g/mol. The molecule has 0 aromatic carbocycles. The van der Waals surface area contributed by atoms with Gasteiger partial charge in [0.15, 0.2) is 5.65 Å². The maximum atomic E-state index is 12.6. The molecule has 7 nitrogen and oxygen atoms in total. The molecule has 2 N–H and O–H groups in total. The molecule has 124 valence electrons. The van der Waals surface area contributed by atoms with Crippen LogP contribution in [0.4, 0.5) is 0 Å². The summed E-state index contributed by atoms with van der Waals surface area (Å²) in [6.45, 7) is 7.38. The molecule has 23 heavy (non-hydrogen) atoms. The van der Waals surface area contributed by atoms with E-state index in [9.17, 15) is 4.79 Å². The van der Waals surface area contributed by atoms with Gasteiger partial charge in [-0.1, -0.05) is 6.92 Å². The van der Waals surface area contributed by atoms with Gasteiger partial charge in [-0.25, -0.2) is 9.67 Å². The number of rotatable bonds is 2. The predicted octanol–water partition coefficient (Wildman–Crippen LogP) is 1.10. The van der Waals surface area contributed by atoms with E-state index in [-0.39, 0.29) is 17.5 Å². The van der Waals surface area contributed by atoms with Crippen molar-refractivity contribution in [2.24, 2.45) is 5.92 Å². The molecule has 2 fully saturated rings. The minimum absolute atomic E-state index is 0.0695. The number of aryl methyl sites for hydroxylation is 1. The highest BCUT2D eigenvalue weighted by Crippen LogP contribution is 2.28. The first kappa shape index (κ1) is 14.8. The van der Waals surface area contributed by atoms with Crippen LogP contribution in [-0.4, -0.2) is 46.1 Å². The van der Waals surface area contributed by atoms with Crippen molar-refractivity contribution in [2.45, 2.75) is 38.6 Å². The van der Waals surface area contributed by atoms with Crippen molar-refractivity contribution in [1.29, 1.82) is 0 Å². The van der Waals surface area contributed by atoms with Crippen molar-refractivity contribution in [1.82, 2.24) is 25.1 Å². The quantitative estimate of drug-likeness (QED) is 0.866. The van der Waals surface area contributed by atoms with E-state index in [1.807, 2.05) is 11.6 Å². The third-order valence-electron chi connectivity index (χ3n) is 5.16. The van der Waals surface area contributed by atoms with Crippen LogP contribution in [0.3, 0.4) is 0 Å². The Morgan fingerprint density at radius 1 is 1.26 bits per heavy atom. The maximum Gasteiger partial charge on any atom is 0.262 e. The van der Waals surface area contributed by atoms with Gasteiger partial charge < -0.3 is 15.0 Å². The second kappa shape index (κ2) is 5.72. The van der Waals surface area contributed by atoms with Crippen molar-refractivity contribution >= 4 is 11.0 Å². The largest absolute Gasteiger partial charge is 0.381 e. The summed E-state index contributed by atoms with van der Waals surface area (Å²) < 4.78 is 7.40. The molecule has 0 bridgehead atoms. The number of aromatic amines is 1. The molecule has 0 radical (unpaired) electrons. The van der Waals surface area contributed by atoms with Crippen LogP contribution in [0.2, 0.25) is 0 Å². The van der Waals surface area contributed by atoms with Crippen LogP contribution in [0.15, 0.2) is 4.79 Å². The first-order valence-electron chi connectivity index (χ1n) is 8.42. The Balaban J connectivity index is 1.84. The molecule has 0 spiro atoms. The molecule has 2 aliphatic rings. The summed E-state index contributed by atoms with van der Waals surface area (Å²) in [7, 11) is 0. The lowest BCUT2D eigenvalue weighted by molar-refractivity contribution is 0.0672. The van der Waals surface area contributed by atoms with E-state index in [4.69, 9.17) is 9.72 Å². The Morgan fingerprint density at radius 2 is 2.04 bits per heavy atom. The third kappa shape index (κ3) is 2.48. The summed E-state index contributed by atoms with van der Waals surface area (Å²) in [6, 6.07) is 0.265. The fourth-order valence-electron chi connectivity index (χ4n) is 3.77. The molecule has 0 unspecified atom stereocenters. The predicted molar refractivity (Wildman–Crippen MR) is 86.8 cm³/mol. The number of ether oxygens (including phenoxy) is 1. The van der Waals surface area contributed by atoms with Crippen molar-refractivity contribution in [3.8, 4) is 0 Å². The number of fused-ring (bicyclic) bond motifs is 1. The van der Waals surface area contributed by atoms with Gasteiger partial charge in [0.25, 0.3) is 5.56 Å². The molecule has 2 aromatic rings. The van der Waals surface area contributed by atoms with Gasteiger partial charge in [0, 0.05) is 25.7 Å². The van der Waals surface area contributed by atoms with Gasteiger partial charge in [0.05, 0.1) is 11.7 Å². The molecule has 4 heterocycles. The van der Waals surface area contributed by atoms with Crippen molar-refractivity contribution in [2.75, 3.05) is 26.3 Å². The molecule has 7 heteroatoms. The maximum absolute atomic E-state index is 12.6. The Bertz CT molecular complexity index is 775. The van der Waals surface area contributed by atoms with E-state index >= 15 is 0 Å². The van der Waals surface area contributed by atoms with Crippen molar-refractivity contribution in [3.05, 3.63) is 21.9 Å². The van der Waals surface area contributed by atoms with E-state index in [0.717, 1.165) is 56.3 Å². The zero-order chi connectivity index (χ0) is 16.0. The number of hydrogen-bond donors (Lipinski definition) is 2. The van der Waals surface area contributed by atoms with Crippen LogP contribution in [0, 0.1) is 12.8 Å². The minimum Gasteiger partial charge on any atom is -0.381 e. The van der Waals surface area contributed by atoms with Crippen LogP contribution in [0.25, 0.3) is 11.0 Å². The summed E-state index contributed by atoms with van der Waals surface area (Å²) in [5, 5.41) is 8.62. The first-order chi connectivity index (χ1) is 11.1. The molecule has 2 atom stereocenters. The van der Waals surface area contributed by atoms with E-state index < -0.39 is 0 Å². The molecule has 0 amide bonds. The third-order valence-corrected chi connectivity index (χ3v) is 5.16. The van der Waals surface area contributed by atoms with Crippen LogP contribution in [0.5, 0.6) is 0 Å². The summed E-state index contributed by atoms with van der Waals surface area (Å²) in [6.07, 6.45) is 1.84. The standard InChI is InChI=1S/C16H23N5O2/c1-9-7-17-8-12(9)14-18-15-13(16(22)19-14)10(2)20-21(15)11-3-5-23-6-4-11/h9,11-12,17H,3-8H2,1-2H3,(H,18,19,22)/t9-,12-/m1/s1. The molecule has 2 saturated heterocycles. The zero-order valence-corrected chi connectivity index (χ0v) is 13.6. The fourth-order valence-corrected chi connectivity index (χ4v) is 3.77. The van der Waals surface area contributed by atoms with Crippen molar-refractivity contribution < 1.29 is 4.74 Å². The molecule has 2 aliphatic heterocycles. The molecule has 2 aromatic heterocycles. The van der Waals surface area contributed by atoms with E-state index in [0.29, 0.717) is 11.3 Å². The molecule has 0 saturated carbocycles. The summed E-state index contributed by atoms with van der Waals surface area (Å²) in [5.41, 5.74) is 1.41. The van der Waals surface area contributed by atoms with Gasteiger partial charge in [0.2, 0.25) is 0 Å². The van der Waals surface area contributed by atoms with Gasteiger partial charge >= 0.3 is 0 Å². The summed E-state index contributed by atoms with van der Waals surface area (Å²) >= 11 is 0. The average Bonchev–Trinajstić information content (AvgIpc) is 3.12. The molecular formula is C16H23N5O2. The molecule has 4 rings (SSSR count). The van der Waals surface area contributed by atoms with Crippen LogP contribution >= 0.6 is 0 Å². The summed E-state index contributed by atoms with van der Waals surface area (Å²) in [4.78, 5) is 20.4. The number of nitrogens with one attached hydrogen (secondary N) is 2. The number of nitrogens with zero attached hydrogens (tertiary/aromatic N) is 3. The topological polar surface area (TPSA) is 84.8 Å². The lowest BCUT2D eigenvalue weighted by Crippen LogP contribution is -2.23. The normalized spacial score (nSPS) is 26.2. The van der Waals surface area contributed by atoms with E-state index in [2.05, 4.69) is 22.3 Å². The van der Waals surface area contributed by atoms with Gasteiger partial charge in [-0.15, -0.1) is 0 Å². The monoisotopic (exact) mass is 317 g/mol. The number of H-pyrrole nitrogens is 1. The van der Waals surface area contributed by atoms with Gasteiger partial charge in [-0.05, 0) is 32.2 Å². The minimum atomic E-state index is -0.0695. The highest BCUT2D eigenvalue weighted by molar-refractivity contribution is 5.77. The summed E-state index contributed by atoms with van der Waals surface area (Å²) in [5.74, 6) is 1.51. The molecular weight excluding hydrogens is 294 g/mol. The Labute approximate surface area is 134 Å². The second-order valence-corrected chi connectivity index (χ2v) is 6.77. The van der Waals surface area contributed by atoms with E-state index in [1.165, 1.54) is 0 Å². The SMILES string of the molecule is Cc1nn(C2CCOCC2)c2nc([C@@H]3CNC[C@H]3C)[nH]c(=O)c12. The van der Waals surface area contributed by atoms with Gasteiger partial charge in [-0.3, -0.25) is 4.79 Å². The van der Waals surface area contributed by atoms with Crippen LogP contribution in [-0.2, 0) is 4.74 Å². The van der Waals surface area contributed by atoms with E-state index in [1.54, 1.807) is 0 Å². The zero-order valence-electron chi connectivity index (χ0n) is 13.6. The van der Waals surface area contributed by atoms with Gasteiger partial charge in [0.1, 0.15) is 11.2 Å². The Morgan fingerprint density at radius 3 is 2.74 bits per heavy atom. The van der Waals surface area contributed by atoms with Gasteiger partial charge in [-0.2, -0.15) is 5.10 Å². The Kier molecular flexibility index (Phi) is 3.69. The smallest absolute Gasteiger partial charge is 0.262 e. The lowest BCUT2D eigenvalue weighted by Gasteiger charge is -2.23. The first-order valence-corrected chi connectivity index (χ1v) is 8.42. The highest BCUT2D eigenvalue weighted by atomic mass is 16.5. The Hall–Kier alpha value is -1.73. The van der Waals surface area contributed by atoms with Crippen LogP contribution < -0.4 is 10.9 Å². The second-order valence-electron chi connectivity index (χ2n) is 6.77. The lowest BCUT2D eigenvalue weighted by atomic mass is 9.97. The van der Waals surface area contributed by atoms with Crippen LogP contribution in [0.1, 0.15) is 43.2 Å². The number of aromatic nitrogens is 4. The highest BCUT2D eigenvalue weighted by Gasteiger charge is 2.29.